The Morgan fingerprint density at radius 2 is 1.73 bits per heavy atom. The highest BCUT2D eigenvalue weighted by atomic mass is 16.5. The third-order valence-corrected chi connectivity index (χ3v) is 6.31. The van der Waals surface area contributed by atoms with Gasteiger partial charge >= 0.3 is 0 Å². The van der Waals surface area contributed by atoms with Crippen molar-refractivity contribution in [1.82, 2.24) is 0 Å². The first-order chi connectivity index (χ1) is 15.9. The number of aromatic hydroxyl groups is 1. The molecule has 3 nitrogen and oxygen atoms in total. The molecule has 1 N–H and O–H groups in total. The standard InChI is InChI=1S/C16H26O.C14H21NO/c1-4-7-14(11-10-13(3)5-2)15-8-6-9-16(17)12-15;1-4-5-9-13(15-3)11-16-14-10-7-6-8-12(14)2/h6,8-9,12-14,17H,4-5,7,10-11H2,1-3H3;6-8,10H,4-5,9,11H2,1-3H3. The van der Waals surface area contributed by atoms with Gasteiger partial charge < -0.3 is 9.84 Å². The van der Waals surface area contributed by atoms with Crippen molar-refractivity contribution in [3.8, 4) is 11.5 Å². The van der Waals surface area contributed by atoms with E-state index in [1.807, 2.05) is 37.4 Å². The Bertz CT molecular complexity index is 799. The van der Waals surface area contributed by atoms with Gasteiger partial charge in [0.25, 0.3) is 0 Å². The number of unbranched alkanes of at least 4 members (excludes halogenated alkanes) is 1. The van der Waals surface area contributed by atoms with Crippen molar-refractivity contribution in [3.05, 3.63) is 59.7 Å². The van der Waals surface area contributed by atoms with E-state index < -0.39 is 0 Å². The molecule has 0 heterocycles. The number of hydrogen-bond acceptors (Lipinski definition) is 3. The zero-order chi connectivity index (χ0) is 24.5. The van der Waals surface area contributed by atoms with Crippen molar-refractivity contribution in [2.75, 3.05) is 13.7 Å². The molecular formula is C30H47NO2. The summed E-state index contributed by atoms with van der Waals surface area (Å²) in [5, 5.41) is 9.55. The number of hydrogen-bond donors (Lipinski definition) is 1. The maximum atomic E-state index is 9.55. The fraction of sp³-hybridized carbons (Fsp3) is 0.567. The van der Waals surface area contributed by atoms with Crippen LogP contribution in [-0.2, 0) is 0 Å². The predicted octanol–water partition coefficient (Wildman–Crippen LogP) is 8.74. The van der Waals surface area contributed by atoms with Crippen LogP contribution < -0.4 is 4.74 Å². The number of nitrogens with zero attached hydrogens (tertiary/aromatic N) is 1. The molecule has 0 aromatic heterocycles. The second-order valence-corrected chi connectivity index (χ2v) is 9.12. The minimum Gasteiger partial charge on any atom is -0.508 e. The summed E-state index contributed by atoms with van der Waals surface area (Å²) in [6.45, 7) is 11.7. The zero-order valence-electron chi connectivity index (χ0n) is 21.9. The summed E-state index contributed by atoms with van der Waals surface area (Å²) in [4.78, 5) is 4.26. The number of rotatable bonds is 13. The van der Waals surface area contributed by atoms with Gasteiger partial charge in [-0.15, -0.1) is 0 Å². The normalized spacial score (nSPS) is 13.1. The minimum absolute atomic E-state index is 0.396. The van der Waals surface area contributed by atoms with Crippen molar-refractivity contribution in [3.63, 3.8) is 0 Å². The van der Waals surface area contributed by atoms with Gasteiger partial charge in [-0.05, 0) is 73.8 Å². The summed E-state index contributed by atoms with van der Waals surface area (Å²) >= 11 is 0. The molecule has 2 aromatic carbocycles. The van der Waals surface area contributed by atoms with Crippen LogP contribution in [0.25, 0.3) is 0 Å². The van der Waals surface area contributed by atoms with Crippen molar-refractivity contribution >= 4 is 5.71 Å². The van der Waals surface area contributed by atoms with Gasteiger partial charge in [0.15, 0.2) is 0 Å². The minimum atomic E-state index is 0.396. The lowest BCUT2D eigenvalue weighted by Crippen LogP contribution is -2.11. The van der Waals surface area contributed by atoms with E-state index in [9.17, 15) is 5.11 Å². The Kier molecular flexibility index (Phi) is 15.0. The van der Waals surface area contributed by atoms with Crippen LogP contribution in [0.3, 0.4) is 0 Å². The molecule has 3 heteroatoms. The lowest BCUT2D eigenvalue weighted by molar-refractivity contribution is 0.371. The molecule has 2 unspecified atom stereocenters. The summed E-state index contributed by atoms with van der Waals surface area (Å²) < 4.78 is 5.76. The van der Waals surface area contributed by atoms with Crippen molar-refractivity contribution in [2.45, 2.75) is 91.9 Å². The molecule has 0 aliphatic rings. The second kappa shape index (κ2) is 17.2. The summed E-state index contributed by atoms with van der Waals surface area (Å²) in [5.74, 6) is 2.78. The van der Waals surface area contributed by atoms with Crippen molar-refractivity contribution in [2.24, 2.45) is 10.9 Å². The molecule has 0 aliphatic carbocycles. The van der Waals surface area contributed by atoms with E-state index in [2.05, 4.69) is 51.7 Å². The first kappa shape index (κ1) is 28.7. The quantitative estimate of drug-likeness (QED) is 0.308. The molecule has 0 aliphatic heterocycles. The molecule has 184 valence electrons. The Labute approximate surface area is 203 Å². The molecule has 0 bridgehead atoms. The fourth-order valence-electron chi connectivity index (χ4n) is 3.80. The smallest absolute Gasteiger partial charge is 0.126 e. The Morgan fingerprint density at radius 3 is 2.33 bits per heavy atom. The van der Waals surface area contributed by atoms with Gasteiger partial charge in [0.2, 0.25) is 0 Å². The third-order valence-electron chi connectivity index (χ3n) is 6.31. The van der Waals surface area contributed by atoms with E-state index in [-0.39, 0.29) is 0 Å². The highest BCUT2D eigenvalue weighted by Crippen LogP contribution is 2.30. The maximum absolute atomic E-state index is 9.55. The highest BCUT2D eigenvalue weighted by molar-refractivity contribution is 5.85. The van der Waals surface area contributed by atoms with E-state index >= 15 is 0 Å². The largest absolute Gasteiger partial charge is 0.508 e. The SMILES string of the molecule is CCCC(CCC(C)CC)c1cccc(O)c1.CCCCC(COc1ccccc1C)=NC. The average molecular weight is 454 g/mol. The summed E-state index contributed by atoms with van der Waals surface area (Å²) in [5.41, 5.74) is 3.62. The van der Waals surface area contributed by atoms with Crippen LogP contribution in [0.1, 0.15) is 96.1 Å². The molecule has 2 atom stereocenters. The molecule has 2 rings (SSSR count). The maximum Gasteiger partial charge on any atom is 0.126 e. The van der Waals surface area contributed by atoms with Gasteiger partial charge in [0, 0.05) is 12.8 Å². The molecule has 0 amide bonds. The molecule has 0 spiro atoms. The predicted molar refractivity (Wildman–Crippen MR) is 144 cm³/mol. The van der Waals surface area contributed by atoms with Crippen LogP contribution >= 0.6 is 0 Å². The molecule has 0 radical (unpaired) electrons. The van der Waals surface area contributed by atoms with Crippen LogP contribution in [0.4, 0.5) is 0 Å². The highest BCUT2D eigenvalue weighted by Gasteiger charge is 2.12. The number of aliphatic imine (C=N–C) groups is 1. The molecule has 2 aromatic rings. The van der Waals surface area contributed by atoms with E-state index in [4.69, 9.17) is 4.74 Å². The van der Waals surface area contributed by atoms with Gasteiger partial charge in [0.1, 0.15) is 18.1 Å². The number of benzene rings is 2. The lowest BCUT2D eigenvalue weighted by atomic mass is 9.87. The van der Waals surface area contributed by atoms with Crippen LogP contribution in [-0.4, -0.2) is 24.5 Å². The van der Waals surface area contributed by atoms with Crippen LogP contribution in [0.2, 0.25) is 0 Å². The van der Waals surface area contributed by atoms with E-state index in [0.717, 1.165) is 23.8 Å². The van der Waals surface area contributed by atoms with Crippen LogP contribution in [0.5, 0.6) is 11.5 Å². The second-order valence-electron chi connectivity index (χ2n) is 9.12. The number of aryl methyl sites for hydroxylation is 1. The Morgan fingerprint density at radius 1 is 0.970 bits per heavy atom. The molecule has 33 heavy (non-hydrogen) atoms. The lowest BCUT2D eigenvalue weighted by Gasteiger charge is -2.19. The van der Waals surface area contributed by atoms with Crippen molar-refractivity contribution in [1.29, 1.82) is 0 Å². The van der Waals surface area contributed by atoms with E-state index in [1.165, 1.54) is 56.1 Å². The van der Waals surface area contributed by atoms with Gasteiger partial charge in [-0.25, -0.2) is 0 Å². The van der Waals surface area contributed by atoms with E-state index in [0.29, 0.717) is 18.3 Å². The number of phenols is 1. The van der Waals surface area contributed by atoms with Crippen LogP contribution in [0.15, 0.2) is 53.5 Å². The molecule has 0 fully saturated rings. The van der Waals surface area contributed by atoms with Gasteiger partial charge in [-0.2, -0.15) is 0 Å². The Balaban J connectivity index is 0.000000331. The van der Waals surface area contributed by atoms with E-state index in [1.54, 1.807) is 6.07 Å². The summed E-state index contributed by atoms with van der Waals surface area (Å²) in [6, 6.07) is 15.9. The first-order valence-corrected chi connectivity index (χ1v) is 12.9. The summed E-state index contributed by atoms with van der Waals surface area (Å²) in [7, 11) is 1.84. The average Bonchev–Trinajstić information content (AvgIpc) is 2.83. The van der Waals surface area contributed by atoms with Crippen LogP contribution in [0, 0.1) is 12.8 Å². The number of ether oxygens (including phenoxy) is 1. The topological polar surface area (TPSA) is 41.8 Å². The first-order valence-electron chi connectivity index (χ1n) is 12.9. The molecule has 0 saturated carbocycles. The third kappa shape index (κ3) is 11.9. The monoisotopic (exact) mass is 453 g/mol. The number of phenolic OH excluding ortho intramolecular Hbond substituents is 1. The zero-order valence-corrected chi connectivity index (χ0v) is 21.9. The van der Waals surface area contributed by atoms with Crippen molar-refractivity contribution < 1.29 is 9.84 Å². The molecular weight excluding hydrogens is 406 g/mol. The number of para-hydroxylation sites is 1. The van der Waals surface area contributed by atoms with Gasteiger partial charge in [0.05, 0.1) is 0 Å². The Hall–Kier alpha value is -2.29. The fourth-order valence-corrected chi connectivity index (χ4v) is 3.80. The summed E-state index contributed by atoms with van der Waals surface area (Å²) in [6.07, 6.45) is 9.65. The molecule has 0 saturated heterocycles. The van der Waals surface area contributed by atoms with Gasteiger partial charge in [-0.3, -0.25) is 4.99 Å². The van der Waals surface area contributed by atoms with Gasteiger partial charge in [-0.1, -0.05) is 83.7 Å².